The molecule has 0 saturated carbocycles. The first-order valence-corrected chi connectivity index (χ1v) is 5.94. The number of rotatable bonds is 5. The van der Waals surface area contributed by atoms with Crippen molar-refractivity contribution in [1.29, 1.82) is 5.41 Å². The van der Waals surface area contributed by atoms with Crippen LogP contribution in [0.25, 0.3) is 0 Å². The third kappa shape index (κ3) is 3.48. The van der Waals surface area contributed by atoms with E-state index in [-0.39, 0.29) is 5.84 Å². The SMILES string of the molecule is CN(CCc1ccncc1)c1nccc(C(=N)N)n1. The topological polar surface area (TPSA) is 91.8 Å². The quantitative estimate of drug-likeness (QED) is 0.611. The summed E-state index contributed by atoms with van der Waals surface area (Å²) >= 11 is 0. The Kier molecular flexibility index (Phi) is 4.02. The standard InChI is InChI=1S/C13H16N6/c1-19(9-5-10-2-6-16-7-3-10)13-17-8-4-11(18-13)12(14)15/h2-4,6-8H,5,9H2,1H3,(H3,14,15). The number of hydrogen-bond donors (Lipinski definition) is 2. The van der Waals surface area contributed by atoms with Gasteiger partial charge >= 0.3 is 0 Å². The number of nitrogens with two attached hydrogens (primary N) is 1. The van der Waals surface area contributed by atoms with Crippen molar-refractivity contribution in [1.82, 2.24) is 15.0 Å². The Labute approximate surface area is 111 Å². The van der Waals surface area contributed by atoms with Crippen LogP contribution in [-0.2, 0) is 6.42 Å². The maximum atomic E-state index is 7.37. The lowest BCUT2D eigenvalue weighted by molar-refractivity contribution is 0.835. The molecule has 0 aliphatic carbocycles. The maximum Gasteiger partial charge on any atom is 0.225 e. The highest BCUT2D eigenvalue weighted by molar-refractivity contribution is 5.93. The Hall–Kier alpha value is -2.50. The van der Waals surface area contributed by atoms with Gasteiger partial charge in [0.15, 0.2) is 0 Å². The van der Waals surface area contributed by atoms with E-state index in [2.05, 4.69) is 15.0 Å². The molecule has 19 heavy (non-hydrogen) atoms. The minimum atomic E-state index is -0.0498. The van der Waals surface area contributed by atoms with E-state index in [1.807, 2.05) is 24.1 Å². The van der Waals surface area contributed by atoms with Gasteiger partial charge in [-0.15, -0.1) is 0 Å². The van der Waals surface area contributed by atoms with Crippen molar-refractivity contribution in [2.75, 3.05) is 18.5 Å². The largest absolute Gasteiger partial charge is 0.382 e. The van der Waals surface area contributed by atoms with E-state index in [0.717, 1.165) is 13.0 Å². The monoisotopic (exact) mass is 256 g/mol. The molecule has 2 heterocycles. The summed E-state index contributed by atoms with van der Waals surface area (Å²) in [5.41, 5.74) is 7.07. The van der Waals surface area contributed by atoms with E-state index in [1.54, 1.807) is 24.7 Å². The maximum absolute atomic E-state index is 7.37. The normalized spacial score (nSPS) is 10.2. The highest BCUT2D eigenvalue weighted by Gasteiger charge is 2.06. The summed E-state index contributed by atoms with van der Waals surface area (Å²) in [7, 11) is 1.92. The molecule has 98 valence electrons. The number of anilines is 1. The van der Waals surface area contributed by atoms with Crippen LogP contribution in [0.1, 0.15) is 11.3 Å². The molecule has 0 atom stereocenters. The van der Waals surface area contributed by atoms with Crippen LogP contribution in [0.4, 0.5) is 5.95 Å². The van der Waals surface area contributed by atoms with E-state index < -0.39 is 0 Å². The van der Waals surface area contributed by atoms with Gasteiger partial charge in [0.05, 0.1) is 0 Å². The number of nitrogens with zero attached hydrogens (tertiary/aromatic N) is 4. The second-order valence-electron chi connectivity index (χ2n) is 4.18. The number of likely N-dealkylation sites (N-methyl/N-ethyl adjacent to an activating group) is 1. The van der Waals surface area contributed by atoms with Crippen LogP contribution in [0.15, 0.2) is 36.8 Å². The van der Waals surface area contributed by atoms with Gasteiger partial charge in [-0.1, -0.05) is 0 Å². The van der Waals surface area contributed by atoms with Crippen LogP contribution in [0, 0.1) is 5.41 Å². The molecule has 2 rings (SSSR count). The van der Waals surface area contributed by atoms with E-state index in [1.165, 1.54) is 5.56 Å². The van der Waals surface area contributed by atoms with Gasteiger partial charge in [-0.3, -0.25) is 10.4 Å². The van der Waals surface area contributed by atoms with E-state index in [4.69, 9.17) is 11.1 Å². The van der Waals surface area contributed by atoms with Crippen LogP contribution in [0.3, 0.4) is 0 Å². The Morgan fingerprint density at radius 3 is 2.68 bits per heavy atom. The number of nitrogens with one attached hydrogen (secondary N) is 1. The molecule has 3 N–H and O–H groups in total. The van der Waals surface area contributed by atoms with Crippen molar-refractivity contribution in [3.05, 3.63) is 48.0 Å². The average Bonchev–Trinajstić information content (AvgIpc) is 2.46. The van der Waals surface area contributed by atoms with Gasteiger partial charge in [-0.25, -0.2) is 9.97 Å². The number of nitrogen functional groups attached to an aromatic ring is 1. The average molecular weight is 256 g/mol. The molecule has 0 radical (unpaired) electrons. The molecule has 0 saturated heterocycles. The number of amidine groups is 1. The molecular formula is C13H16N6. The van der Waals surface area contributed by atoms with Gasteiger partial charge in [-0.05, 0) is 30.2 Å². The molecule has 2 aromatic heterocycles. The fraction of sp³-hybridized carbons (Fsp3) is 0.231. The lowest BCUT2D eigenvalue weighted by Crippen LogP contribution is -2.24. The van der Waals surface area contributed by atoms with Crippen molar-refractivity contribution in [3.8, 4) is 0 Å². The third-order valence-electron chi connectivity index (χ3n) is 2.75. The Morgan fingerprint density at radius 2 is 2.00 bits per heavy atom. The Balaban J connectivity index is 2.02. The van der Waals surface area contributed by atoms with E-state index in [9.17, 15) is 0 Å². The van der Waals surface area contributed by atoms with Crippen LogP contribution < -0.4 is 10.6 Å². The second-order valence-corrected chi connectivity index (χ2v) is 4.18. The zero-order valence-electron chi connectivity index (χ0n) is 10.7. The minimum Gasteiger partial charge on any atom is -0.382 e. The molecule has 0 unspecified atom stereocenters. The molecule has 6 heteroatoms. The van der Waals surface area contributed by atoms with Crippen LogP contribution in [0.2, 0.25) is 0 Å². The summed E-state index contributed by atoms with van der Waals surface area (Å²) < 4.78 is 0. The first kappa shape index (κ1) is 12.9. The molecule has 0 spiro atoms. The summed E-state index contributed by atoms with van der Waals surface area (Å²) in [5, 5.41) is 7.37. The molecule has 0 amide bonds. The van der Waals surface area contributed by atoms with Crippen molar-refractivity contribution in [2.45, 2.75) is 6.42 Å². The summed E-state index contributed by atoms with van der Waals surface area (Å²) in [6.07, 6.45) is 6.05. The second kappa shape index (κ2) is 5.90. The fourth-order valence-electron chi connectivity index (χ4n) is 1.63. The first-order valence-electron chi connectivity index (χ1n) is 5.94. The zero-order chi connectivity index (χ0) is 13.7. The summed E-state index contributed by atoms with van der Waals surface area (Å²) in [6.45, 7) is 0.783. The predicted molar refractivity (Wildman–Crippen MR) is 74.3 cm³/mol. The van der Waals surface area contributed by atoms with Gasteiger partial charge < -0.3 is 10.6 Å². The predicted octanol–water partition coefficient (Wildman–Crippen LogP) is 0.835. The molecular weight excluding hydrogens is 240 g/mol. The third-order valence-corrected chi connectivity index (χ3v) is 2.75. The molecule has 0 fully saturated rings. The number of aromatic nitrogens is 3. The van der Waals surface area contributed by atoms with E-state index >= 15 is 0 Å². The van der Waals surface area contributed by atoms with Crippen molar-refractivity contribution in [2.24, 2.45) is 5.73 Å². The van der Waals surface area contributed by atoms with Gasteiger partial charge in [0.1, 0.15) is 11.5 Å². The lowest BCUT2D eigenvalue weighted by atomic mass is 10.2. The molecule has 6 nitrogen and oxygen atoms in total. The summed E-state index contributed by atoms with van der Waals surface area (Å²) in [4.78, 5) is 14.3. The van der Waals surface area contributed by atoms with Gasteiger partial charge in [0, 0.05) is 32.2 Å². The highest BCUT2D eigenvalue weighted by Crippen LogP contribution is 2.07. The number of pyridine rings is 1. The zero-order valence-corrected chi connectivity index (χ0v) is 10.7. The van der Waals surface area contributed by atoms with Gasteiger partial charge in [-0.2, -0.15) is 0 Å². The fourth-order valence-corrected chi connectivity index (χ4v) is 1.63. The summed E-state index contributed by atoms with van der Waals surface area (Å²) in [5.74, 6) is 0.521. The smallest absolute Gasteiger partial charge is 0.225 e. The van der Waals surface area contributed by atoms with Crippen LogP contribution in [-0.4, -0.2) is 34.4 Å². The van der Waals surface area contributed by atoms with E-state index in [0.29, 0.717) is 11.6 Å². The van der Waals surface area contributed by atoms with Crippen molar-refractivity contribution >= 4 is 11.8 Å². The summed E-state index contributed by atoms with van der Waals surface area (Å²) in [6, 6.07) is 5.60. The van der Waals surface area contributed by atoms with Gasteiger partial charge in [0.25, 0.3) is 0 Å². The minimum absolute atomic E-state index is 0.0498. The van der Waals surface area contributed by atoms with Crippen LogP contribution in [0.5, 0.6) is 0 Å². The van der Waals surface area contributed by atoms with Gasteiger partial charge in [0.2, 0.25) is 5.95 Å². The number of hydrogen-bond acceptors (Lipinski definition) is 5. The van der Waals surface area contributed by atoms with Crippen molar-refractivity contribution in [3.63, 3.8) is 0 Å². The lowest BCUT2D eigenvalue weighted by Gasteiger charge is -2.17. The molecule has 0 aromatic carbocycles. The van der Waals surface area contributed by atoms with Crippen molar-refractivity contribution < 1.29 is 0 Å². The van der Waals surface area contributed by atoms with Crippen LogP contribution >= 0.6 is 0 Å². The Bertz CT molecular complexity index is 554. The molecule has 0 aliphatic rings. The highest BCUT2D eigenvalue weighted by atomic mass is 15.2. The molecule has 0 bridgehead atoms. The Morgan fingerprint density at radius 1 is 1.26 bits per heavy atom. The molecule has 2 aromatic rings. The first-order chi connectivity index (χ1) is 9.16. The molecule has 0 aliphatic heterocycles.